The van der Waals surface area contributed by atoms with E-state index in [4.69, 9.17) is 5.11 Å². The molecule has 90 valence electrons. The van der Waals surface area contributed by atoms with Crippen molar-refractivity contribution in [2.45, 2.75) is 13.0 Å². The summed E-state index contributed by atoms with van der Waals surface area (Å²) in [7, 11) is 0. The maximum atomic E-state index is 10.8. The molecule has 1 rings (SSSR count). The quantitative estimate of drug-likeness (QED) is 0.456. The molecule has 0 fully saturated rings. The lowest BCUT2D eigenvalue weighted by atomic mass is 10.00. The predicted octanol–water partition coefficient (Wildman–Crippen LogP) is 0.834. The molecule has 0 amide bonds. The van der Waals surface area contributed by atoms with Crippen LogP contribution in [0.5, 0.6) is 0 Å². The summed E-state index contributed by atoms with van der Waals surface area (Å²) in [5.41, 5.74) is -0.701. The zero-order valence-corrected chi connectivity index (χ0v) is 8.78. The molecule has 1 aromatic rings. The van der Waals surface area contributed by atoms with E-state index in [2.05, 4.69) is 0 Å². The number of aryl methyl sites for hydroxylation is 1. The molecule has 2 N–H and O–H groups in total. The molecule has 17 heavy (non-hydrogen) atoms. The standard InChI is InChI=1S/C10H9NO6/c1-5-2-6(4-12)3-7(8(5)11(16)17)9(13)10(14)15/h2-4,9,13H,1H3,(H,14,15). The van der Waals surface area contributed by atoms with Gasteiger partial charge >= 0.3 is 5.97 Å². The van der Waals surface area contributed by atoms with E-state index in [0.29, 0.717) is 6.29 Å². The number of aldehydes is 1. The zero-order chi connectivity index (χ0) is 13.2. The Kier molecular flexibility index (Phi) is 3.54. The van der Waals surface area contributed by atoms with Crippen LogP contribution in [0.25, 0.3) is 0 Å². The normalized spacial score (nSPS) is 11.9. The van der Waals surface area contributed by atoms with Crippen LogP contribution in [0.3, 0.4) is 0 Å². The molecule has 1 unspecified atom stereocenters. The van der Waals surface area contributed by atoms with Gasteiger partial charge in [-0.15, -0.1) is 0 Å². The number of nitro groups is 1. The number of aliphatic hydroxyl groups is 1. The SMILES string of the molecule is Cc1cc(C=O)cc(C(O)C(=O)O)c1[N+](=O)[O-]. The number of carboxylic acids is 1. The number of carboxylic acid groups (broad SMARTS) is 1. The van der Waals surface area contributed by atoms with Crippen LogP contribution in [0, 0.1) is 17.0 Å². The van der Waals surface area contributed by atoms with E-state index in [0.717, 1.165) is 6.07 Å². The van der Waals surface area contributed by atoms with E-state index in [1.165, 1.54) is 13.0 Å². The summed E-state index contributed by atoms with van der Waals surface area (Å²) >= 11 is 0. The van der Waals surface area contributed by atoms with Crippen LogP contribution in [0.1, 0.15) is 27.6 Å². The number of aliphatic hydroxyl groups excluding tert-OH is 1. The minimum Gasteiger partial charge on any atom is -0.479 e. The number of carbonyl (C=O) groups is 2. The molecule has 0 spiro atoms. The van der Waals surface area contributed by atoms with Crippen LogP contribution in [0.2, 0.25) is 0 Å². The minimum atomic E-state index is -2.03. The fraction of sp³-hybridized carbons (Fsp3) is 0.200. The molecule has 0 aliphatic heterocycles. The van der Waals surface area contributed by atoms with Crippen LogP contribution < -0.4 is 0 Å². The molecule has 1 aromatic carbocycles. The van der Waals surface area contributed by atoms with Crippen molar-refractivity contribution in [3.8, 4) is 0 Å². The van der Waals surface area contributed by atoms with Gasteiger partial charge in [-0.3, -0.25) is 14.9 Å². The summed E-state index contributed by atoms with van der Waals surface area (Å²) < 4.78 is 0. The van der Waals surface area contributed by atoms with Gasteiger partial charge in [0.15, 0.2) is 6.10 Å². The Balaban J connectivity index is 3.53. The minimum absolute atomic E-state index is 0.0726. The van der Waals surface area contributed by atoms with Crippen molar-refractivity contribution in [1.29, 1.82) is 0 Å². The Labute approximate surface area is 95.5 Å². The lowest BCUT2D eigenvalue weighted by Gasteiger charge is -2.09. The summed E-state index contributed by atoms with van der Waals surface area (Å²) in [6.45, 7) is 1.36. The molecule has 0 heterocycles. The third kappa shape index (κ3) is 2.45. The number of carbonyl (C=O) groups excluding carboxylic acids is 1. The van der Waals surface area contributed by atoms with Crippen LogP contribution in [0.15, 0.2) is 12.1 Å². The van der Waals surface area contributed by atoms with Crippen molar-refractivity contribution in [2.75, 3.05) is 0 Å². The Hall–Kier alpha value is -2.28. The largest absolute Gasteiger partial charge is 0.479 e. The topological polar surface area (TPSA) is 118 Å². The molecule has 7 heteroatoms. The maximum Gasteiger partial charge on any atom is 0.337 e. The van der Waals surface area contributed by atoms with Gasteiger partial charge in [0.1, 0.15) is 6.29 Å². The molecular formula is C10H9NO6. The molecule has 0 radical (unpaired) electrons. The Morgan fingerprint density at radius 2 is 2.12 bits per heavy atom. The number of aliphatic carboxylic acids is 1. The summed E-state index contributed by atoms with van der Waals surface area (Å²) in [5.74, 6) is -1.62. The number of rotatable bonds is 4. The highest BCUT2D eigenvalue weighted by atomic mass is 16.6. The first-order valence-corrected chi connectivity index (χ1v) is 4.53. The Morgan fingerprint density at radius 3 is 2.53 bits per heavy atom. The van der Waals surface area contributed by atoms with Gasteiger partial charge in [-0.1, -0.05) is 0 Å². The fourth-order valence-corrected chi connectivity index (χ4v) is 1.49. The maximum absolute atomic E-state index is 10.8. The van der Waals surface area contributed by atoms with Crippen molar-refractivity contribution < 1.29 is 24.7 Å². The molecule has 0 aliphatic rings. The predicted molar refractivity (Wildman–Crippen MR) is 55.8 cm³/mol. The second-order valence-corrected chi connectivity index (χ2v) is 3.39. The van der Waals surface area contributed by atoms with Crippen molar-refractivity contribution >= 4 is 17.9 Å². The Bertz CT molecular complexity index is 496. The summed E-state index contributed by atoms with van der Waals surface area (Å²) in [6, 6.07) is 2.25. The van der Waals surface area contributed by atoms with Crippen LogP contribution in [-0.2, 0) is 4.79 Å². The molecule has 0 aliphatic carbocycles. The van der Waals surface area contributed by atoms with Crippen molar-refractivity contribution in [3.05, 3.63) is 38.9 Å². The van der Waals surface area contributed by atoms with Gasteiger partial charge in [0.2, 0.25) is 0 Å². The van der Waals surface area contributed by atoms with E-state index < -0.39 is 28.2 Å². The number of nitro benzene ring substituents is 1. The van der Waals surface area contributed by atoms with Gasteiger partial charge in [-0.25, -0.2) is 4.79 Å². The highest BCUT2D eigenvalue weighted by Gasteiger charge is 2.28. The first-order chi connectivity index (χ1) is 7.88. The number of hydrogen-bond donors (Lipinski definition) is 2. The third-order valence-electron chi connectivity index (χ3n) is 2.20. The average Bonchev–Trinajstić information content (AvgIpc) is 2.25. The van der Waals surface area contributed by atoms with Crippen LogP contribution >= 0.6 is 0 Å². The van der Waals surface area contributed by atoms with Gasteiger partial charge in [0.25, 0.3) is 5.69 Å². The van der Waals surface area contributed by atoms with Gasteiger partial charge in [-0.2, -0.15) is 0 Å². The van der Waals surface area contributed by atoms with Crippen LogP contribution in [-0.4, -0.2) is 27.4 Å². The van der Waals surface area contributed by atoms with Crippen molar-refractivity contribution in [2.24, 2.45) is 0 Å². The zero-order valence-electron chi connectivity index (χ0n) is 8.78. The third-order valence-corrected chi connectivity index (χ3v) is 2.20. The lowest BCUT2D eigenvalue weighted by Crippen LogP contribution is -2.13. The highest BCUT2D eigenvalue weighted by Crippen LogP contribution is 2.29. The molecular weight excluding hydrogens is 230 g/mol. The molecule has 7 nitrogen and oxygen atoms in total. The van der Waals surface area contributed by atoms with Gasteiger partial charge in [0, 0.05) is 11.1 Å². The molecule has 0 aromatic heterocycles. The van der Waals surface area contributed by atoms with Crippen molar-refractivity contribution in [3.63, 3.8) is 0 Å². The average molecular weight is 239 g/mol. The van der Waals surface area contributed by atoms with E-state index >= 15 is 0 Å². The first-order valence-electron chi connectivity index (χ1n) is 4.53. The second-order valence-electron chi connectivity index (χ2n) is 3.39. The van der Waals surface area contributed by atoms with E-state index in [9.17, 15) is 24.8 Å². The lowest BCUT2D eigenvalue weighted by molar-refractivity contribution is -0.386. The summed E-state index contributed by atoms with van der Waals surface area (Å²) in [6.07, 6.45) is -1.61. The van der Waals surface area contributed by atoms with Gasteiger partial charge in [0.05, 0.1) is 10.5 Å². The molecule has 0 saturated carbocycles. The number of hydrogen-bond acceptors (Lipinski definition) is 5. The number of benzene rings is 1. The Morgan fingerprint density at radius 1 is 1.53 bits per heavy atom. The first kappa shape index (κ1) is 12.8. The molecule has 0 saturated heterocycles. The van der Waals surface area contributed by atoms with E-state index in [1.807, 2.05) is 0 Å². The van der Waals surface area contributed by atoms with Gasteiger partial charge < -0.3 is 10.2 Å². The number of nitrogens with zero attached hydrogens (tertiary/aromatic N) is 1. The fourth-order valence-electron chi connectivity index (χ4n) is 1.49. The van der Waals surface area contributed by atoms with Crippen molar-refractivity contribution in [1.82, 2.24) is 0 Å². The summed E-state index contributed by atoms with van der Waals surface area (Å²) in [5, 5.41) is 28.8. The highest BCUT2D eigenvalue weighted by molar-refractivity contribution is 5.81. The molecule has 1 atom stereocenters. The second kappa shape index (κ2) is 4.71. The smallest absolute Gasteiger partial charge is 0.337 e. The van der Waals surface area contributed by atoms with Crippen LogP contribution in [0.4, 0.5) is 5.69 Å². The van der Waals surface area contributed by atoms with Gasteiger partial charge in [-0.05, 0) is 19.1 Å². The monoisotopic (exact) mass is 239 g/mol. The van der Waals surface area contributed by atoms with E-state index in [-0.39, 0.29) is 11.1 Å². The van der Waals surface area contributed by atoms with E-state index in [1.54, 1.807) is 0 Å². The molecule has 0 bridgehead atoms. The summed E-state index contributed by atoms with van der Waals surface area (Å²) in [4.78, 5) is 31.2.